The van der Waals surface area contributed by atoms with Crippen LogP contribution < -0.4 is 0 Å². The zero-order chi connectivity index (χ0) is 11.5. The van der Waals surface area contributed by atoms with E-state index in [0.29, 0.717) is 5.92 Å². The van der Waals surface area contributed by atoms with E-state index >= 15 is 0 Å². The topological polar surface area (TPSA) is 63.6 Å². The molecule has 5 heteroatoms. The van der Waals surface area contributed by atoms with Gasteiger partial charge in [-0.15, -0.1) is 0 Å². The van der Waals surface area contributed by atoms with Gasteiger partial charge in [-0.2, -0.15) is 0 Å². The third kappa shape index (κ3) is 3.71. The highest BCUT2D eigenvalue weighted by Crippen LogP contribution is 2.43. The van der Waals surface area contributed by atoms with Crippen LogP contribution in [0.1, 0.15) is 33.1 Å². The Labute approximate surface area is 90.6 Å². The van der Waals surface area contributed by atoms with Gasteiger partial charge >= 0.3 is 7.60 Å². The van der Waals surface area contributed by atoms with Crippen LogP contribution in [0.4, 0.5) is 0 Å². The third-order valence-electron chi connectivity index (χ3n) is 3.05. The van der Waals surface area contributed by atoms with Crippen LogP contribution >= 0.6 is 7.60 Å². The molecule has 0 aromatic heterocycles. The van der Waals surface area contributed by atoms with Crippen LogP contribution in [0.3, 0.4) is 0 Å². The van der Waals surface area contributed by atoms with Crippen molar-refractivity contribution in [3.8, 4) is 0 Å². The molecular formula is C10H19O4P. The van der Waals surface area contributed by atoms with Crippen molar-refractivity contribution < 1.29 is 18.8 Å². The van der Waals surface area contributed by atoms with Gasteiger partial charge in [-0.25, -0.2) is 0 Å². The summed E-state index contributed by atoms with van der Waals surface area (Å²) in [6, 6.07) is 0. The molecule has 0 saturated heterocycles. The second-order valence-corrected chi connectivity index (χ2v) is 6.01. The van der Waals surface area contributed by atoms with E-state index in [1.807, 2.05) is 6.92 Å². The Morgan fingerprint density at radius 2 is 2.20 bits per heavy atom. The lowest BCUT2D eigenvalue weighted by Crippen LogP contribution is -2.28. The van der Waals surface area contributed by atoms with E-state index in [9.17, 15) is 14.3 Å². The molecule has 0 spiro atoms. The molecule has 2 atom stereocenters. The molecule has 1 fully saturated rings. The van der Waals surface area contributed by atoms with Gasteiger partial charge in [0.1, 0.15) is 11.9 Å². The highest BCUT2D eigenvalue weighted by Gasteiger charge is 2.33. The first-order valence-corrected chi connectivity index (χ1v) is 7.21. The van der Waals surface area contributed by atoms with E-state index in [-0.39, 0.29) is 24.5 Å². The number of carbonyl (C=O) groups is 1. The van der Waals surface area contributed by atoms with Gasteiger partial charge in [-0.3, -0.25) is 9.36 Å². The Balaban J connectivity index is 2.43. The molecule has 15 heavy (non-hydrogen) atoms. The molecule has 2 unspecified atom stereocenters. The predicted octanol–water partition coefficient (Wildman–Crippen LogP) is 2.21. The van der Waals surface area contributed by atoms with Crippen molar-refractivity contribution in [1.29, 1.82) is 0 Å². The summed E-state index contributed by atoms with van der Waals surface area (Å²) in [5.74, 6) is 0.179. The average Bonchev–Trinajstić information content (AvgIpc) is 1.99. The van der Waals surface area contributed by atoms with Gasteiger partial charge in [0.25, 0.3) is 0 Å². The average molecular weight is 234 g/mol. The van der Waals surface area contributed by atoms with E-state index in [0.717, 1.165) is 12.8 Å². The van der Waals surface area contributed by atoms with Crippen LogP contribution in [0.5, 0.6) is 0 Å². The van der Waals surface area contributed by atoms with Crippen molar-refractivity contribution in [3.05, 3.63) is 0 Å². The van der Waals surface area contributed by atoms with E-state index in [1.54, 1.807) is 6.92 Å². The minimum Gasteiger partial charge on any atom is -0.324 e. The smallest absolute Gasteiger partial charge is 0.324 e. The molecule has 4 nitrogen and oxygen atoms in total. The fourth-order valence-electron chi connectivity index (χ4n) is 1.79. The molecule has 0 aliphatic heterocycles. The highest BCUT2D eigenvalue weighted by atomic mass is 31.2. The standard InChI is InChI=1S/C10H19O4P/c1-3-14-15(12,13)7-10(11)8(2)9-5-4-6-9/h8-9H,3-7H2,1-2H3,(H,12,13). The SMILES string of the molecule is CCOP(=O)(O)CC(=O)C(C)C1CCC1. The van der Waals surface area contributed by atoms with Crippen LogP contribution in [-0.2, 0) is 13.9 Å². The minimum absolute atomic E-state index is 0.0975. The largest absolute Gasteiger partial charge is 0.335 e. The lowest BCUT2D eigenvalue weighted by atomic mass is 9.75. The number of rotatable bonds is 6. The maximum atomic E-state index is 11.7. The van der Waals surface area contributed by atoms with Gasteiger partial charge in [0.2, 0.25) is 0 Å². The molecule has 0 bridgehead atoms. The van der Waals surface area contributed by atoms with Gasteiger partial charge in [-0.05, 0) is 25.7 Å². The Kier molecular flexibility index (Phi) is 4.50. The fraction of sp³-hybridized carbons (Fsp3) is 0.900. The Bertz CT molecular complexity index is 273. The summed E-state index contributed by atoms with van der Waals surface area (Å²) in [5.41, 5.74) is 0. The summed E-state index contributed by atoms with van der Waals surface area (Å²) in [6.07, 6.45) is 2.97. The minimum atomic E-state index is -3.68. The lowest BCUT2D eigenvalue weighted by Gasteiger charge is -2.30. The molecule has 0 heterocycles. The molecule has 88 valence electrons. The van der Waals surface area contributed by atoms with Crippen LogP contribution in [0.25, 0.3) is 0 Å². The first kappa shape index (κ1) is 12.9. The molecular weight excluding hydrogens is 215 g/mol. The normalized spacial score (nSPS) is 22.9. The van der Waals surface area contributed by atoms with Crippen LogP contribution in [-0.4, -0.2) is 23.4 Å². The van der Waals surface area contributed by atoms with Crippen molar-refractivity contribution in [2.45, 2.75) is 33.1 Å². The van der Waals surface area contributed by atoms with Crippen LogP contribution in [0.2, 0.25) is 0 Å². The molecule has 1 rings (SSSR count). The number of carbonyl (C=O) groups excluding carboxylic acids is 1. The zero-order valence-corrected chi connectivity index (χ0v) is 10.2. The summed E-state index contributed by atoms with van der Waals surface area (Å²) in [7, 11) is -3.68. The van der Waals surface area contributed by atoms with Crippen molar-refractivity contribution in [1.82, 2.24) is 0 Å². The first-order valence-electron chi connectivity index (χ1n) is 5.45. The van der Waals surface area contributed by atoms with Gasteiger partial charge < -0.3 is 9.42 Å². The second-order valence-electron chi connectivity index (χ2n) is 4.16. The predicted molar refractivity (Wildman–Crippen MR) is 57.8 cm³/mol. The fourth-order valence-corrected chi connectivity index (χ4v) is 2.97. The summed E-state index contributed by atoms with van der Waals surface area (Å²) < 4.78 is 16.0. The Morgan fingerprint density at radius 1 is 1.60 bits per heavy atom. The first-order chi connectivity index (χ1) is 6.96. The van der Waals surface area contributed by atoms with Crippen LogP contribution in [0, 0.1) is 11.8 Å². The van der Waals surface area contributed by atoms with E-state index in [1.165, 1.54) is 6.42 Å². The molecule has 1 aliphatic rings. The maximum absolute atomic E-state index is 11.7. The molecule has 0 aromatic rings. The van der Waals surface area contributed by atoms with E-state index < -0.39 is 7.60 Å². The summed E-state index contributed by atoms with van der Waals surface area (Å²) in [5, 5.41) is 0. The van der Waals surface area contributed by atoms with Crippen molar-refractivity contribution in [3.63, 3.8) is 0 Å². The molecule has 0 aromatic carbocycles. The molecule has 0 amide bonds. The summed E-state index contributed by atoms with van der Waals surface area (Å²) in [4.78, 5) is 21.0. The summed E-state index contributed by atoms with van der Waals surface area (Å²) in [6.45, 7) is 3.65. The Hall–Kier alpha value is -0.180. The lowest BCUT2D eigenvalue weighted by molar-refractivity contribution is -0.122. The zero-order valence-electron chi connectivity index (χ0n) is 9.31. The third-order valence-corrected chi connectivity index (χ3v) is 4.42. The summed E-state index contributed by atoms with van der Waals surface area (Å²) >= 11 is 0. The van der Waals surface area contributed by atoms with E-state index in [2.05, 4.69) is 4.52 Å². The van der Waals surface area contributed by atoms with Gasteiger partial charge in [-0.1, -0.05) is 13.3 Å². The van der Waals surface area contributed by atoms with Gasteiger partial charge in [0.05, 0.1) is 6.61 Å². The number of hydrogen-bond acceptors (Lipinski definition) is 3. The molecule has 1 aliphatic carbocycles. The maximum Gasteiger partial charge on any atom is 0.335 e. The van der Waals surface area contributed by atoms with Crippen molar-refractivity contribution in [2.75, 3.05) is 12.8 Å². The van der Waals surface area contributed by atoms with Crippen molar-refractivity contribution in [2.24, 2.45) is 11.8 Å². The monoisotopic (exact) mass is 234 g/mol. The van der Waals surface area contributed by atoms with Crippen molar-refractivity contribution >= 4 is 13.4 Å². The molecule has 1 N–H and O–H groups in total. The van der Waals surface area contributed by atoms with Gasteiger partial charge in [0, 0.05) is 5.92 Å². The number of ketones is 1. The number of hydrogen-bond donors (Lipinski definition) is 1. The van der Waals surface area contributed by atoms with Gasteiger partial charge in [0.15, 0.2) is 0 Å². The van der Waals surface area contributed by atoms with Crippen LogP contribution in [0.15, 0.2) is 0 Å². The second kappa shape index (κ2) is 5.24. The Morgan fingerprint density at radius 3 is 2.60 bits per heavy atom. The van der Waals surface area contributed by atoms with E-state index in [4.69, 9.17) is 0 Å². The molecule has 1 saturated carbocycles. The highest BCUT2D eigenvalue weighted by molar-refractivity contribution is 7.53. The number of Topliss-reactive ketones (excluding diaryl/α,β-unsaturated/α-hetero) is 1. The quantitative estimate of drug-likeness (QED) is 0.716. The molecule has 0 radical (unpaired) electrons.